The highest BCUT2D eigenvalue weighted by atomic mass is 32.1. The van der Waals surface area contributed by atoms with Crippen molar-refractivity contribution < 1.29 is 10.2 Å². The van der Waals surface area contributed by atoms with Crippen LogP contribution in [0.15, 0.2) is 53.9 Å². The molecule has 0 unspecified atom stereocenters. The van der Waals surface area contributed by atoms with Crippen molar-refractivity contribution in [3.8, 4) is 34.1 Å². The minimum Gasteiger partial charge on any atom is -0.508 e. The molecule has 0 aliphatic rings. The number of phenols is 2. The summed E-state index contributed by atoms with van der Waals surface area (Å²) in [6.45, 7) is 0. The van der Waals surface area contributed by atoms with Gasteiger partial charge in [-0.15, -0.1) is 16.4 Å². The van der Waals surface area contributed by atoms with Crippen molar-refractivity contribution in [3.63, 3.8) is 0 Å². The Labute approximate surface area is 129 Å². The second kappa shape index (κ2) is 4.85. The van der Waals surface area contributed by atoms with Crippen LogP contribution >= 0.6 is 11.3 Å². The lowest BCUT2D eigenvalue weighted by Gasteiger charge is -1.99. The van der Waals surface area contributed by atoms with Crippen molar-refractivity contribution in [2.24, 2.45) is 0 Å². The monoisotopic (exact) mass is 309 g/mol. The number of hydrogen-bond acceptors (Lipinski definition) is 5. The minimum absolute atomic E-state index is 0.217. The van der Waals surface area contributed by atoms with Gasteiger partial charge in [-0.3, -0.25) is 0 Å². The van der Waals surface area contributed by atoms with Crippen molar-refractivity contribution in [1.82, 2.24) is 14.6 Å². The maximum atomic E-state index is 9.39. The summed E-state index contributed by atoms with van der Waals surface area (Å²) in [5.74, 6) is 1.07. The Morgan fingerprint density at radius 3 is 2.05 bits per heavy atom. The van der Waals surface area contributed by atoms with Gasteiger partial charge in [-0.25, -0.2) is 4.52 Å². The molecule has 2 heterocycles. The smallest absolute Gasteiger partial charge is 0.213 e. The fourth-order valence-electron chi connectivity index (χ4n) is 2.24. The fraction of sp³-hybridized carbons (Fsp3) is 0. The quantitative estimate of drug-likeness (QED) is 0.594. The van der Waals surface area contributed by atoms with E-state index in [9.17, 15) is 10.2 Å². The zero-order valence-electron chi connectivity index (χ0n) is 11.3. The molecule has 0 fully saturated rings. The van der Waals surface area contributed by atoms with Gasteiger partial charge >= 0.3 is 0 Å². The maximum absolute atomic E-state index is 9.39. The molecular formula is C16H11N3O2S. The first-order valence-electron chi connectivity index (χ1n) is 6.64. The van der Waals surface area contributed by atoms with Crippen LogP contribution in [0.3, 0.4) is 0 Å². The molecule has 4 aromatic rings. The van der Waals surface area contributed by atoms with Gasteiger partial charge < -0.3 is 10.2 Å². The van der Waals surface area contributed by atoms with Gasteiger partial charge in [0.25, 0.3) is 0 Å². The molecule has 6 heteroatoms. The molecule has 0 saturated carbocycles. The largest absolute Gasteiger partial charge is 0.508 e. The van der Waals surface area contributed by atoms with E-state index in [1.54, 1.807) is 40.9 Å². The Kier molecular flexibility index (Phi) is 2.83. The Bertz CT molecular complexity index is 940. The molecule has 0 atom stereocenters. The molecule has 22 heavy (non-hydrogen) atoms. The molecule has 0 amide bonds. The van der Waals surface area contributed by atoms with Crippen molar-refractivity contribution in [3.05, 3.63) is 53.9 Å². The number of benzene rings is 2. The molecule has 0 bridgehead atoms. The molecule has 2 aromatic carbocycles. The van der Waals surface area contributed by atoms with Crippen molar-refractivity contribution in [2.45, 2.75) is 0 Å². The van der Waals surface area contributed by atoms with Gasteiger partial charge in [-0.2, -0.15) is 4.98 Å². The molecule has 0 aliphatic carbocycles. The molecular weight excluding hydrogens is 298 g/mol. The number of aromatic nitrogens is 3. The predicted octanol–water partition coefficient (Wildman–Crippen LogP) is 3.54. The third-order valence-corrected chi connectivity index (χ3v) is 4.19. The highest BCUT2D eigenvalue weighted by Crippen LogP contribution is 2.28. The third kappa shape index (κ3) is 2.10. The summed E-state index contributed by atoms with van der Waals surface area (Å²) < 4.78 is 1.79. The number of hydrogen-bond donors (Lipinski definition) is 2. The van der Waals surface area contributed by atoms with Crippen LogP contribution in [0.2, 0.25) is 0 Å². The van der Waals surface area contributed by atoms with E-state index in [0.29, 0.717) is 5.82 Å². The van der Waals surface area contributed by atoms with E-state index in [1.165, 1.54) is 11.3 Å². The van der Waals surface area contributed by atoms with Crippen LogP contribution in [-0.2, 0) is 0 Å². The Morgan fingerprint density at radius 2 is 1.41 bits per heavy atom. The van der Waals surface area contributed by atoms with Gasteiger partial charge in [-0.1, -0.05) is 0 Å². The maximum Gasteiger partial charge on any atom is 0.213 e. The van der Waals surface area contributed by atoms with E-state index in [2.05, 4.69) is 10.1 Å². The number of nitrogens with zero attached hydrogens (tertiary/aromatic N) is 3. The summed E-state index contributed by atoms with van der Waals surface area (Å²) >= 11 is 1.51. The molecule has 0 spiro atoms. The zero-order chi connectivity index (χ0) is 15.1. The summed E-state index contributed by atoms with van der Waals surface area (Å²) in [6.07, 6.45) is 0. The highest BCUT2D eigenvalue weighted by molar-refractivity contribution is 7.15. The second-order valence-electron chi connectivity index (χ2n) is 4.84. The SMILES string of the molecule is Oc1ccc(-c2nc3scc(-c4ccc(O)cc4)n3n2)cc1. The summed E-state index contributed by atoms with van der Waals surface area (Å²) in [4.78, 5) is 5.31. The van der Waals surface area contributed by atoms with Crippen LogP contribution < -0.4 is 0 Å². The van der Waals surface area contributed by atoms with Gasteiger partial charge in [0.1, 0.15) is 11.5 Å². The van der Waals surface area contributed by atoms with Crippen LogP contribution in [0.4, 0.5) is 0 Å². The standard InChI is InChI=1S/C16H11N3O2S/c20-12-5-1-10(2-6-12)14-9-22-16-17-15(18-19(14)16)11-3-7-13(21)8-4-11/h1-9,20-21H. The summed E-state index contributed by atoms with van der Waals surface area (Å²) in [7, 11) is 0. The van der Waals surface area contributed by atoms with Gasteiger partial charge in [-0.05, 0) is 48.5 Å². The molecule has 4 rings (SSSR count). The number of fused-ring (bicyclic) bond motifs is 1. The Balaban J connectivity index is 1.82. The lowest BCUT2D eigenvalue weighted by atomic mass is 10.2. The minimum atomic E-state index is 0.217. The summed E-state index contributed by atoms with van der Waals surface area (Å²) in [6, 6.07) is 13.8. The van der Waals surface area contributed by atoms with Crippen LogP contribution in [-0.4, -0.2) is 24.8 Å². The number of phenolic OH excluding ortho intramolecular Hbond substituents is 2. The van der Waals surface area contributed by atoms with E-state index >= 15 is 0 Å². The Morgan fingerprint density at radius 1 is 0.818 bits per heavy atom. The van der Waals surface area contributed by atoms with Crippen molar-refractivity contribution >= 4 is 16.3 Å². The van der Waals surface area contributed by atoms with Gasteiger partial charge in [0.15, 0.2) is 5.82 Å². The molecule has 0 aliphatic heterocycles. The third-order valence-electron chi connectivity index (χ3n) is 3.37. The first-order chi connectivity index (χ1) is 10.7. The number of thiazole rings is 1. The van der Waals surface area contributed by atoms with Crippen LogP contribution in [0, 0.1) is 0 Å². The van der Waals surface area contributed by atoms with E-state index in [0.717, 1.165) is 21.8 Å². The molecule has 0 saturated heterocycles. The van der Waals surface area contributed by atoms with Crippen molar-refractivity contribution in [2.75, 3.05) is 0 Å². The first kappa shape index (κ1) is 12.8. The van der Waals surface area contributed by atoms with Gasteiger partial charge in [0.2, 0.25) is 4.96 Å². The van der Waals surface area contributed by atoms with Crippen LogP contribution in [0.25, 0.3) is 27.6 Å². The molecule has 108 valence electrons. The molecule has 0 radical (unpaired) electrons. The predicted molar refractivity (Wildman–Crippen MR) is 85.1 cm³/mol. The summed E-state index contributed by atoms with van der Waals surface area (Å²) in [5.41, 5.74) is 2.74. The van der Waals surface area contributed by atoms with Crippen LogP contribution in [0.5, 0.6) is 11.5 Å². The zero-order valence-corrected chi connectivity index (χ0v) is 12.2. The second-order valence-corrected chi connectivity index (χ2v) is 5.68. The van der Waals surface area contributed by atoms with E-state index in [1.807, 2.05) is 17.5 Å². The Hall–Kier alpha value is -2.86. The average Bonchev–Trinajstić information content (AvgIpc) is 3.09. The lowest BCUT2D eigenvalue weighted by Crippen LogP contribution is -1.88. The van der Waals surface area contributed by atoms with E-state index < -0.39 is 0 Å². The topological polar surface area (TPSA) is 70.7 Å². The summed E-state index contributed by atoms with van der Waals surface area (Å²) in [5, 5.41) is 25.3. The highest BCUT2D eigenvalue weighted by Gasteiger charge is 2.12. The van der Waals surface area contributed by atoms with Crippen LogP contribution in [0.1, 0.15) is 0 Å². The molecule has 2 aromatic heterocycles. The molecule has 5 nitrogen and oxygen atoms in total. The normalized spacial score (nSPS) is 11.1. The number of rotatable bonds is 2. The van der Waals surface area contributed by atoms with Crippen molar-refractivity contribution in [1.29, 1.82) is 0 Å². The lowest BCUT2D eigenvalue weighted by molar-refractivity contribution is 0.475. The van der Waals surface area contributed by atoms with E-state index in [-0.39, 0.29) is 11.5 Å². The first-order valence-corrected chi connectivity index (χ1v) is 7.52. The van der Waals surface area contributed by atoms with Gasteiger partial charge in [0, 0.05) is 16.5 Å². The number of aromatic hydroxyl groups is 2. The van der Waals surface area contributed by atoms with Gasteiger partial charge in [0.05, 0.1) is 5.69 Å². The molecule has 2 N–H and O–H groups in total. The average molecular weight is 309 g/mol. The van der Waals surface area contributed by atoms with E-state index in [4.69, 9.17) is 0 Å². The fourth-order valence-corrected chi connectivity index (χ4v) is 3.08.